The first-order valence-corrected chi connectivity index (χ1v) is 8.40. The Balaban J connectivity index is 1.74. The summed E-state index contributed by atoms with van der Waals surface area (Å²) in [6.07, 6.45) is 6.40. The number of hydrogen-bond donors (Lipinski definition) is 1. The second-order valence-electron chi connectivity index (χ2n) is 6.43. The summed E-state index contributed by atoms with van der Waals surface area (Å²) in [6.45, 7) is -0.863. The Labute approximate surface area is 147 Å². The molecule has 132 valence electrons. The van der Waals surface area contributed by atoms with Gasteiger partial charge >= 0.3 is 0 Å². The van der Waals surface area contributed by atoms with Crippen LogP contribution in [0.2, 0.25) is 0 Å². The maximum Gasteiger partial charge on any atom is 0.120 e. The minimum atomic E-state index is -1.09. The molecule has 5 heteroatoms. The number of likely N-dealkylation sites (N-methyl/N-ethyl adjacent to an activating group) is 1. The first kappa shape index (κ1) is 17.4. The van der Waals surface area contributed by atoms with Gasteiger partial charge in [-0.2, -0.15) is 0 Å². The van der Waals surface area contributed by atoms with E-state index in [-0.39, 0.29) is 12.5 Å². The van der Waals surface area contributed by atoms with Crippen LogP contribution >= 0.6 is 0 Å². The third kappa shape index (κ3) is 4.17. The van der Waals surface area contributed by atoms with Crippen LogP contribution in [0.3, 0.4) is 0 Å². The summed E-state index contributed by atoms with van der Waals surface area (Å²) in [7, 11) is 4.08. The zero-order valence-electron chi connectivity index (χ0n) is 14.5. The molecule has 0 radical (unpaired) electrons. The van der Waals surface area contributed by atoms with Crippen molar-refractivity contribution in [3.63, 3.8) is 0 Å². The van der Waals surface area contributed by atoms with Gasteiger partial charge in [-0.1, -0.05) is 18.2 Å². The Morgan fingerprint density at radius 1 is 1.32 bits per heavy atom. The quantitative estimate of drug-likeness (QED) is 0.874. The molecule has 1 unspecified atom stereocenters. The minimum absolute atomic E-state index is 0.0546. The second-order valence-corrected chi connectivity index (χ2v) is 6.43. The average Bonchev–Trinajstić information content (AvgIpc) is 2.65. The Morgan fingerprint density at radius 3 is 2.84 bits per heavy atom. The lowest BCUT2D eigenvalue weighted by Gasteiger charge is -2.20. The predicted octanol–water partition coefficient (Wildman–Crippen LogP) is 3.43. The zero-order valence-corrected chi connectivity index (χ0v) is 14.5. The lowest BCUT2D eigenvalue weighted by molar-refractivity contribution is 0.0842. The average molecular weight is 342 g/mol. The normalized spacial score (nSPS) is 18.1. The minimum Gasteiger partial charge on any atom is -0.491 e. The molecule has 2 atom stereocenters. The topological polar surface area (TPSA) is 45.6 Å². The van der Waals surface area contributed by atoms with Crippen molar-refractivity contribution in [2.75, 3.05) is 27.4 Å². The molecule has 0 spiro atoms. The van der Waals surface area contributed by atoms with E-state index in [9.17, 15) is 9.50 Å². The summed E-state index contributed by atoms with van der Waals surface area (Å²) in [6, 6.07) is 9.60. The molecule has 0 saturated carbocycles. The summed E-state index contributed by atoms with van der Waals surface area (Å²) >= 11 is 0. The number of pyridine rings is 1. The van der Waals surface area contributed by atoms with Gasteiger partial charge in [-0.05, 0) is 36.8 Å². The molecule has 3 rings (SSSR count). The fourth-order valence-electron chi connectivity index (χ4n) is 2.81. The number of rotatable bonds is 6. The molecule has 0 saturated heterocycles. The van der Waals surface area contributed by atoms with Gasteiger partial charge in [0.1, 0.15) is 25.1 Å². The number of nitrogens with zero attached hydrogens (tertiary/aromatic N) is 2. The lowest BCUT2D eigenvalue weighted by atomic mass is 9.95. The van der Waals surface area contributed by atoms with E-state index in [4.69, 9.17) is 9.72 Å². The summed E-state index contributed by atoms with van der Waals surface area (Å²) < 4.78 is 17.7. The standard InChI is InChI=1S/C20H23FN2O2/c1-23(2)16-6-3-14(4-7-16)19-9-5-15-11-18(8-10-20(15)22-19)25-13-17(24)12-21/h3,5-11,14,17,24H,4,12-13H2,1-2H3/t14?,17-/m1/s1. The van der Waals surface area contributed by atoms with Crippen LogP contribution in [0.5, 0.6) is 5.75 Å². The van der Waals surface area contributed by atoms with Gasteiger partial charge in [0, 0.05) is 36.8 Å². The van der Waals surface area contributed by atoms with Crippen molar-refractivity contribution in [1.82, 2.24) is 9.88 Å². The molecule has 4 nitrogen and oxygen atoms in total. The second kappa shape index (κ2) is 7.66. The van der Waals surface area contributed by atoms with Crippen molar-refractivity contribution in [1.29, 1.82) is 0 Å². The van der Waals surface area contributed by atoms with Gasteiger partial charge in [0.05, 0.1) is 5.52 Å². The molecule has 0 bridgehead atoms. The predicted molar refractivity (Wildman–Crippen MR) is 97.5 cm³/mol. The van der Waals surface area contributed by atoms with E-state index in [0.717, 1.165) is 23.0 Å². The fraction of sp³-hybridized carbons (Fsp3) is 0.350. The monoisotopic (exact) mass is 342 g/mol. The maximum absolute atomic E-state index is 12.3. The van der Waals surface area contributed by atoms with E-state index in [1.54, 1.807) is 6.07 Å². The number of allylic oxidation sites excluding steroid dienone is 3. The number of fused-ring (bicyclic) bond motifs is 1. The van der Waals surface area contributed by atoms with Crippen LogP contribution in [0.4, 0.5) is 4.39 Å². The number of aromatic nitrogens is 1. The number of benzene rings is 1. The molecule has 1 aliphatic carbocycles. The van der Waals surface area contributed by atoms with Gasteiger partial charge in [0.2, 0.25) is 0 Å². The molecule has 1 aromatic heterocycles. The molecule has 1 N–H and O–H groups in total. The Bertz CT molecular complexity index is 801. The number of alkyl halides is 1. The van der Waals surface area contributed by atoms with Gasteiger partial charge in [-0.3, -0.25) is 4.98 Å². The number of hydrogen-bond acceptors (Lipinski definition) is 4. The van der Waals surface area contributed by atoms with E-state index >= 15 is 0 Å². The summed E-state index contributed by atoms with van der Waals surface area (Å²) in [4.78, 5) is 6.86. The van der Waals surface area contributed by atoms with Crippen LogP contribution in [0.15, 0.2) is 54.3 Å². The van der Waals surface area contributed by atoms with Gasteiger partial charge in [-0.25, -0.2) is 4.39 Å². The number of aliphatic hydroxyl groups is 1. The molecule has 1 heterocycles. The molecule has 2 aromatic rings. The number of ether oxygens (including phenoxy) is 1. The zero-order chi connectivity index (χ0) is 17.8. The lowest BCUT2D eigenvalue weighted by Crippen LogP contribution is -2.19. The fourth-order valence-corrected chi connectivity index (χ4v) is 2.81. The SMILES string of the molecule is CN(C)C1=CCC(c2ccc3cc(OC[C@H](O)CF)ccc3n2)C=C1. The van der Waals surface area contributed by atoms with Gasteiger partial charge in [0.25, 0.3) is 0 Å². The number of halogens is 1. The summed E-state index contributed by atoms with van der Waals surface area (Å²) in [5.41, 5.74) is 3.15. The molecule has 0 aliphatic heterocycles. The number of aliphatic hydroxyl groups excluding tert-OH is 1. The molecule has 0 amide bonds. The van der Waals surface area contributed by atoms with Crippen molar-refractivity contribution in [3.8, 4) is 5.75 Å². The Hall–Kier alpha value is -2.40. The van der Waals surface area contributed by atoms with Crippen molar-refractivity contribution in [2.45, 2.75) is 18.4 Å². The molecular formula is C20H23FN2O2. The Kier molecular flexibility index (Phi) is 5.34. The largest absolute Gasteiger partial charge is 0.491 e. The Morgan fingerprint density at radius 2 is 2.16 bits per heavy atom. The first-order chi connectivity index (χ1) is 12.1. The van der Waals surface area contributed by atoms with Crippen LogP contribution in [-0.2, 0) is 0 Å². The van der Waals surface area contributed by atoms with Gasteiger partial charge in [0.15, 0.2) is 0 Å². The van der Waals surface area contributed by atoms with Crippen molar-refractivity contribution >= 4 is 10.9 Å². The van der Waals surface area contributed by atoms with E-state index in [2.05, 4.69) is 23.1 Å². The first-order valence-electron chi connectivity index (χ1n) is 8.40. The highest BCUT2D eigenvalue weighted by molar-refractivity contribution is 5.80. The van der Waals surface area contributed by atoms with Crippen molar-refractivity contribution < 1.29 is 14.2 Å². The highest BCUT2D eigenvalue weighted by Gasteiger charge is 2.14. The molecule has 1 aromatic carbocycles. The van der Waals surface area contributed by atoms with Crippen molar-refractivity contribution in [3.05, 3.63) is 60.0 Å². The van der Waals surface area contributed by atoms with Gasteiger partial charge in [-0.15, -0.1) is 0 Å². The van der Waals surface area contributed by atoms with Crippen LogP contribution in [0.25, 0.3) is 10.9 Å². The molecule has 0 fully saturated rings. The van der Waals surface area contributed by atoms with Crippen LogP contribution in [0.1, 0.15) is 18.0 Å². The van der Waals surface area contributed by atoms with E-state index in [0.29, 0.717) is 5.75 Å². The van der Waals surface area contributed by atoms with E-state index in [1.807, 2.05) is 38.4 Å². The third-order valence-electron chi connectivity index (χ3n) is 4.28. The van der Waals surface area contributed by atoms with Crippen molar-refractivity contribution in [2.24, 2.45) is 0 Å². The molecular weight excluding hydrogens is 319 g/mol. The summed E-state index contributed by atoms with van der Waals surface area (Å²) in [5, 5.41) is 10.2. The highest BCUT2D eigenvalue weighted by atomic mass is 19.1. The van der Waals surface area contributed by atoms with Gasteiger partial charge < -0.3 is 14.7 Å². The maximum atomic E-state index is 12.3. The third-order valence-corrected chi connectivity index (χ3v) is 4.28. The molecule has 1 aliphatic rings. The summed E-state index contributed by atoms with van der Waals surface area (Å²) in [5.74, 6) is 0.884. The van der Waals surface area contributed by atoms with Crippen LogP contribution in [0, 0.1) is 0 Å². The van der Waals surface area contributed by atoms with Crippen LogP contribution in [-0.4, -0.2) is 48.5 Å². The molecule has 25 heavy (non-hydrogen) atoms. The highest BCUT2D eigenvalue weighted by Crippen LogP contribution is 2.28. The van der Waals surface area contributed by atoms with Crippen LogP contribution < -0.4 is 4.74 Å². The van der Waals surface area contributed by atoms with E-state index < -0.39 is 12.8 Å². The smallest absolute Gasteiger partial charge is 0.120 e. The van der Waals surface area contributed by atoms with E-state index in [1.165, 1.54) is 5.70 Å².